The second-order valence-corrected chi connectivity index (χ2v) is 4.29. The summed E-state index contributed by atoms with van der Waals surface area (Å²) in [6.07, 6.45) is 0. The molecule has 2 aromatic rings. The van der Waals surface area contributed by atoms with Crippen LogP contribution in [0.25, 0.3) is 0 Å². The highest BCUT2D eigenvalue weighted by molar-refractivity contribution is 5.95. The second kappa shape index (κ2) is 6.84. The van der Waals surface area contributed by atoms with E-state index in [2.05, 4.69) is 4.74 Å². The van der Waals surface area contributed by atoms with Gasteiger partial charge in [-0.05, 0) is 24.3 Å². The zero-order valence-corrected chi connectivity index (χ0v) is 11.3. The first kappa shape index (κ1) is 15.7. The molecule has 0 aromatic heterocycles. The summed E-state index contributed by atoms with van der Waals surface area (Å²) in [6, 6.07) is 9.18. The molecule has 0 amide bonds. The van der Waals surface area contributed by atoms with Gasteiger partial charge in [0.2, 0.25) is 0 Å². The number of alkyl halides is 2. The molecule has 0 unspecified atom stereocenters. The fourth-order valence-corrected chi connectivity index (χ4v) is 1.77. The SMILES string of the molecule is Nc1cc(F)ccc1C(=O)OCc1ccccc1OC(F)F. The van der Waals surface area contributed by atoms with E-state index in [-0.39, 0.29) is 29.2 Å². The lowest BCUT2D eigenvalue weighted by molar-refractivity contribution is -0.0510. The van der Waals surface area contributed by atoms with Crippen LogP contribution in [0.3, 0.4) is 0 Å². The maximum atomic E-state index is 12.9. The first-order valence-electron chi connectivity index (χ1n) is 6.22. The van der Waals surface area contributed by atoms with Gasteiger partial charge in [-0.15, -0.1) is 0 Å². The van der Waals surface area contributed by atoms with Gasteiger partial charge in [0.25, 0.3) is 0 Å². The van der Waals surface area contributed by atoms with Crippen LogP contribution in [0.1, 0.15) is 15.9 Å². The number of halogens is 3. The Morgan fingerprint density at radius 2 is 1.91 bits per heavy atom. The zero-order valence-electron chi connectivity index (χ0n) is 11.3. The van der Waals surface area contributed by atoms with Crippen molar-refractivity contribution in [2.45, 2.75) is 13.2 Å². The lowest BCUT2D eigenvalue weighted by atomic mass is 10.2. The standard InChI is InChI=1S/C15H12F3NO3/c16-10-5-6-11(12(19)7-10)14(20)21-8-9-3-1-2-4-13(9)22-15(17)18/h1-7,15H,8,19H2. The van der Waals surface area contributed by atoms with Gasteiger partial charge >= 0.3 is 12.6 Å². The van der Waals surface area contributed by atoms with Crippen molar-refractivity contribution in [3.63, 3.8) is 0 Å². The summed E-state index contributed by atoms with van der Waals surface area (Å²) in [5.74, 6) is -1.45. The third kappa shape index (κ3) is 3.91. The van der Waals surface area contributed by atoms with E-state index >= 15 is 0 Å². The van der Waals surface area contributed by atoms with Gasteiger partial charge in [-0.2, -0.15) is 8.78 Å². The minimum absolute atomic E-state index is 0.00587. The normalized spacial score (nSPS) is 10.5. The van der Waals surface area contributed by atoms with Crippen molar-refractivity contribution < 1.29 is 27.4 Å². The van der Waals surface area contributed by atoms with Crippen LogP contribution in [0.4, 0.5) is 18.9 Å². The van der Waals surface area contributed by atoms with Crippen LogP contribution in [-0.2, 0) is 11.3 Å². The average molecular weight is 311 g/mol. The van der Waals surface area contributed by atoms with Gasteiger partial charge in [-0.25, -0.2) is 9.18 Å². The van der Waals surface area contributed by atoms with Crippen LogP contribution in [-0.4, -0.2) is 12.6 Å². The van der Waals surface area contributed by atoms with Gasteiger partial charge in [-0.1, -0.05) is 18.2 Å². The number of nitrogens with two attached hydrogens (primary N) is 1. The molecule has 4 nitrogen and oxygen atoms in total. The lowest BCUT2D eigenvalue weighted by Crippen LogP contribution is -2.10. The van der Waals surface area contributed by atoms with E-state index in [0.717, 1.165) is 12.1 Å². The van der Waals surface area contributed by atoms with Gasteiger partial charge in [-0.3, -0.25) is 0 Å². The molecular formula is C15H12F3NO3. The Hall–Kier alpha value is -2.70. The fourth-order valence-electron chi connectivity index (χ4n) is 1.77. The summed E-state index contributed by atoms with van der Waals surface area (Å²) in [7, 11) is 0. The molecule has 2 aromatic carbocycles. The van der Waals surface area contributed by atoms with Crippen molar-refractivity contribution in [3.05, 3.63) is 59.4 Å². The minimum Gasteiger partial charge on any atom is -0.457 e. The molecule has 0 heterocycles. The number of ether oxygens (including phenoxy) is 2. The second-order valence-electron chi connectivity index (χ2n) is 4.29. The minimum atomic E-state index is -2.98. The Bertz CT molecular complexity index is 677. The quantitative estimate of drug-likeness (QED) is 0.679. The molecule has 7 heteroatoms. The lowest BCUT2D eigenvalue weighted by Gasteiger charge is -2.11. The van der Waals surface area contributed by atoms with Crippen molar-refractivity contribution >= 4 is 11.7 Å². The van der Waals surface area contributed by atoms with Gasteiger partial charge in [0.1, 0.15) is 18.2 Å². The Kier molecular flexibility index (Phi) is 4.88. The third-order valence-electron chi connectivity index (χ3n) is 2.78. The molecule has 0 saturated carbocycles. The summed E-state index contributed by atoms with van der Waals surface area (Å²) < 4.78 is 46.8. The Balaban J connectivity index is 2.08. The number of carbonyl (C=O) groups is 1. The average Bonchev–Trinajstić information content (AvgIpc) is 2.45. The molecule has 0 atom stereocenters. The van der Waals surface area contributed by atoms with Crippen LogP contribution < -0.4 is 10.5 Å². The number of hydrogen-bond donors (Lipinski definition) is 1. The Morgan fingerprint density at radius 1 is 1.18 bits per heavy atom. The van der Waals surface area contributed by atoms with E-state index < -0.39 is 18.4 Å². The molecule has 0 aliphatic rings. The van der Waals surface area contributed by atoms with Crippen LogP contribution >= 0.6 is 0 Å². The fraction of sp³-hybridized carbons (Fsp3) is 0.133. The highest BCUT2D eigenvalue weighted by Crippen LogP contribution is 2.22. The monoisotopic (exact) mass is 311 g/mol. The maximum Gasteiger partial charge on any atom is 0.387 e. The summed E-state index contributed by atoms with van der Waals surface area (Å²) in [5, 5.41) is 0. The number of nitrogen functional groups attached to an aromatic ring is 1. The van der Waals surface area contributed by atoms with Crippen LogP contribution in [0.15, 0.2) is 42.5 Å². The number of rotatable bonds is 5. The molecule has 0 aliphatic carbocycles. The summed E-state index contributed by atoms with van der Waals surface area (Å²) in [5.41, 5.74) is 5.72. The van der Waals surface area contributed by atoms with Gasteiger partial charge in [0, 0.05) is 11.3 Å². The van der Waals surface area contributed by atoms with E-state index in [1.54, 1.807) is 6.07 Å². The van der Waals surface area contributed by atoms with E-state index in [1.165, 1.54) is 24.3 Å². The topological polar surface area (TPSA) is 61.6 Å². The zero-order chi connectivity index (χ0) is 16.1. The van der Waals surface area contributed by atoms with Crippen molar-refractivity contribution in [3.8, 4) is 5.75 Å². The molecule has 0 radical (unpaired) electrons. The van der Waals surface area contributed by atoms with Gasteiger partial charge < -0.3 is 15.2 Å². The molecule has 116 valence electrons. The molecule has 2 rings (SSSR count). The predicted molar refractivity (Wildman–Crippen MR) is 73.0 cm³/mol. The van der Waals surface area contributed by atoms with Crippen molar-refractivity contribution in [1.82, 2.24) is 0 Å². The molecule has 0 fully saturated rings. The molecule has 22 heavy (non-hydrogen) atoms. The number of anilines is 1. The summed E-state index contributed by atoms with van der Waals surface area (Å²) in [6.45, 7) is -3.26. The number of carbonyl (C=O) groups excluding carboxylic acids is 1. The van der Waals surface area contributed by atoms with Crippen molar-refractivity contribution in [2.24, 2.45) is 0 Å². The number of benzene rings is 2. The molecule has 0 aliphatic heterocycles. The highest BCUT2D eigenvalue weighted by atomic mass is 19.3. The Labute approximate surface area is 124 Å². The van der Waals surface area contributed by atoms with Crippen molar-refractivity contribution in [1.29, 1.82) is 0 Å². The summed E-state index contributed by atoms with van der Waals surface area (Å²) in [4.78, 5) is 11.9. The smallest absolute Gasteiger partial charge is 0.387 e. The van der Waals surface area contributed by atoms with Crippen LogP contribution in [0, 0.1) is 5.82 Å². The molecule has 2 N–H and O–H groups in total. The van der Waals surface area contributed by atoms with Crippen molar-refractivity contribution in [2.75, 3.05) is 5.73 Å². The van der Waals surface area contributed by atoms with E-state index in [9.17, 15) is 18.0 Å². The van der Waals surface area contributed by atoms with E-state index in [0.29, 0.717) is 0 Å². The molecule has 0 spiro atoms. The number of para-hydroxylation sites is 1. The molecule has 0 saturated heterocycles. The first-order chi connectivity index (χ1) is 10.5. The molecular weight excluding hydrogens is 299 g/mol. The Morgan fingerprint density at radius 3 is 2.59 bits per heavy atom. The third-order valence-corrected chi connectivity index (χ3v) is 2.78. The predicted octanol–water partition coefficient (Wildman–Crippen LogP) is 3.37. The number of esters is 1. The number of hydrogen-bond acceptors (Lipinski definition) is 4. The van der Waals surface area contributed by atoms with Crippen LogP contribution in [0.5, 0.6) is 5.75 Å². The summed E-state index contributed by atoms with van der Waals surface area (Å²) >= 11 is 0. The molecule has 0 bridgehead atoms. The van der Waals surface area contributed by atoms with Gasteiger partial charge in [0.15, 0.2) is 0 Å². The highest BCUT2D eigenvalue weighted by Gasteiger charge is 2.14. The first-order valence-corrected chi connectivity index (χ1v) is 6.22. The van der Waals surface area contributed by atoms with E-state index in [4.69, 9.17) is 10.5 Å². The largest absolute Gasteiger partial charge is 0.457 e. The van der Waals surface area contributed by atoms with Crippen LogP contribution in [0.2, 0.25) is 0 Å². The van der Waals surface area contributed by atoms with Gasteiger partial charge in [0.05, 0.1) is 5.56 Å². The van der Waals surface area contributed by atoms with E-state index in [1.807, 2.05) is 0 Å². The maximum absolute atomic E-state index is 12.9.